The zero-order chi connectivity index (χ0) is 9.68. The minimum atomic E-state index is 0.0326. The number of para-hydroxylation sites is 1. The second kappa shape index (κ2) is 4.67. The van der Waals surface area contributed by atoms with Crippen molar-refractivity contribution in [2.45, 2.75) is 13.0 Å². The molecule has 0 fully saturated rings. The van der Waals surface area contributed by atoms with Gasteiger partial charge in [0.05, 0.1) is 5.69 Å². The smallest absolute Gasteiger partial charge is 0.101 e. The summed E-state index contributed by atoms with van der Waals surface area (Å²) in [6, 6.07) is 9.93. The van der Waals surface area contributed by atoms with Crippen LogP contribution in [0.1, 0.15) is 6.92 Å². The second-order valence-corrected chi connectivity index (χ2v) is 2.88. The third kappa shape index (κ3) is 2.92. The summed E-state index contributed by atoms with van der Waals surface area (Å²) in [5, 5.41) is 1.74. The molecule has 0 spiro atoms. The molecule has 2 heteroatoms. The van der Waals surface area contributed by atoms with Gasteiger partial charge in [0.25, 0.3) is 0 Å². The van der Waals surface area contributed by atoms with Gasteiger partial charge >= 0.3 is 0 Å². The molecule has 0 heterocycles. The summed E-state index contributed by atoms with van der Waals surface area (Å²) in [5.74, 6) is 0. The summed E-state index contributed by atoms with van der Waals surface area (Å²) < 4.78 is 0. The quantitative estimate of drug-likeness (QED) is 0.518. The summed E-state index contributed by atoms with van der Waals surface area (Å²) in [6.45, 7) is 5.61. The summed E-state index contributed by atoms with van der Waals surface area (Å²) in [6.07, 6.45) is 1.80. The average Bonchev–Trinajstić information content (AvgIpc) is 2.19. The lowest BCUT2D eigenvalue weighted by Gasteiger charge is -2.21. The molecule has 0 aliphatic rings. The summed E-state index contributed by atoms with van der Waals surface area (Å²) in [7, 11) is 1.88. The predicted octanol–water partition coefficient (Wildman–Crippen LogP) is 2.63. The van der Waals surface area contributed by atoms with E-state index in [0.29, 0.717) is 0 Å². The molecule has 0 saturated heterocycles. The van der Waals surface area contributed by atoms with Crippen molar-refractivity contribution in [3.05, 3.63) is 43.0 Å². The molecule has 1 aromatic carbocycles. The Hall–Kier alpha value is -1.28. The largest absolute Gasteiger partial charge is 0.267 e. The molecular weight excluding hydrogens is 162 g/mol. The monoisotopic (exact) mass is 177 g/mol. The van der Waals surface area contributed by atoms with Crippen LogP contribution in [0.3, 0.4) is 0 Å². The van der Waals surface area contributed by atoms with Gasteiger partial charge in [-0.05, 0) is 19.1 Å². The van der Waals surface area contributed by atoms with Crippen molar-refractivity contribution in [3.8, 4) is 0 Å². The zero-order valence-corrected chi connectivity index (χ0v) is 8.10. The molecule has 0 saturated carbocycles. The minimum absolute atomic E-state index is 0.0326. The van der Waals surface area contributed by atoms with Crippen LogP contribution in [-0.2, 0) is 4.84 Å². The van der Waals surface area contributed by atoms with Crippen molar-refractivity contribution in [2.24, 2.45) is 0 Å². The van der Waals surface area contributed by atoms with E-state index in [0.717, 1.165) is 5.69 Å². The van der Waals surface area contributed by atoms with Gasteiger partial charge in [-0.25, -0.2) is 0 Å². The summed E-state index contributed by atoms with van der Waals surface area (Å²) in [5.41, 5.74) is 1.04. The van der Waals surface area contributed by atoms with E-state index in [-0.39, 0.29) is 6.10 Å². The Morgan fingerprint density at radius 2 is 2.00 bits per heavy atom. The first-order chi connectivity index (χ1) is 6.24. The highest BCUT2D eigenvalue weighted by Crippen LogP contribution is 2.12. The molecule has 0 N–H and O–H groups in total. The van der Waals surface area contributed by atoms with Gasteiger partial charge in [-0.1, -0.05) is 24.3 Å². The van der Waals surface area contributed by atoms with E-state index in [1.54, 1.807) is 11.1 Å². The van der Waals surface area contributed by atoms with Crippen LogP contribution in [0.2, 0.25) is 0 Å². The Balaban J connectivity index is 2.58. The first-order valence-corrected chi connectivity index (χ1v) is 4.32. The molecule has 0 aliphatic carbocycles. The maximum atomic E-state index is 5.50. The van der Waals surface area contributed by atoms with Crippen LogP contribution >= 0.6 is 0 Å². The number of nitrogens with zero attached hydrogens (tertiary/aromatic N) is 1. The number of benzene rings is 1. The predicted molar refractivity (Wildman–Crippen MR) is 55.6 cm³/mol. The minimum Gasteiger partial charge on any atom is -0.267 e. The Kier molecular flexibility index (Phi) is 3.53. The van der Waals surface area contributed by atoms with Crippen molar-refractivity contribution in [1.82, 2.24) is 0 Å². The van der Waals surface area contributed by atoms with Crippen LogP contribution in [0.15, 0.2) is 43.0 Å². The molecular formula is C11H15NO. The van der Waals surface area contributed by atoms with E-state index >= 15 is 0 Å². The Labute approximate surface area is 79.4 Å². The van der Waals surface area contributed by atoms with Crippen LogP contribution in [0.25, 0.3) is 0 Å². The topological polar surface area (TPSA) is 12.5 Å². The summed E-state index contributed by atoms with van der Waals surface area (Å²) >= 11 is 0. The maximum absolute atomic E-state index is 5.50. The highest BCUT2D eigenvalue weighted by atomic mass is 16.7. The number of hydrogen-bond donors (Lipinski definition) is 0. The van der Waals surface area contributed by atoms with Gasteiger partial charge in [0, 0.05) is 7.05 Å². The fourth-order valence-corrected chi connectivity index (χ4v) is 0.991. The Morgan fingerprint density at radius 3 is 2.54 bits per heavy atom. The number of hydroxylamine groups is 1. The molecule has 13 heavy (non-hydrogen) atoms. The lowest BCUT2D eigenvalue weighted by Crippen LogP contribution is -2.22. The van der Waals surface area contributed by atoms with Crippen molar-refractivity contribution in [2.75, 3.05) is 12.1 Å². The number of hydrogen-bond acceptors (Lipinski definition) is 2. The van der Waals surface area contributed by atoms with Crippen LogP contribution in [0.4, 0.5) is 5.69 Å². The van der Waals surface area contributed by atoms with E-state index in [1.807, 2.05) is 44.3 Å². The highest BCUT2D eigenvalue weighted by molar-refractivity contribution is 5.42. The first-order valence-electron chi connectivity index (χ1n) is 4.32. The van der Waals surface area contributed by atoms with E-state index < -0.39 is 0 Å². The molecule has 1 unspecified atom stereocenters. The normalized spacial score (nSPS) is 12.2. The van der Waals surface area contributed by atoms with Gasteiger partial charge in [0.15, 0.2) is 0 Å². The highest BCUT2D eigenvalue weighted by Gasteiger charge is 2.02. The van der Waals surface area contributed by atoms with Crippen LogP contribution in [-0.4, -0.2) is 13.2 Å². The molecule has 1 aromatic rings. The second-order valence-electron chi connectivity index (χ2n) is 2.88. The lowest BCUT2D eigenvalue weighted by molar-refractivity contribution is 0.0858. The Bertz CT molecular complexity index is 258. The maximum Gasteiger partial charge on any atom is 0.101 e. The molecule has 0 aromatic heterocycles. The standard InChI is InChI=1S/C11H15NO/c1-4-10(2)13-12(3)11-8-6-5-7-9-11/h4-10H,1H2,2-3H3. The summed E-state index contributed by atoms with van der Waals surface area (Å²) in [4.78, 5) is 5.50. The molecule has 0 amide bonds. The van der Waals surface area contributed by atoms with Gasteiger partial charge in [0.2, 0.25) is 0 Å². The fourth-order valence-electron chi connectivity index (χ4n) is 0.991. The molecule has 0 aliphatic heterocycles. The molecule has 1 rings (SSSR count). The SMILES string of the molecule is C=CC(C)ON(C)c1ccccc1. The average molecular weight is 177 g/mol. The van der Waals surface area contributed by atoms with Crippen LogP contribution in [0, 0.1) is 0 Å². The van der Waals surface area contributed by atoms with Crippen molar-refractivity contribution >= 4 is 5.69 Å². The zero-order valence-electron chi connectivity index (χ0n) is 8.10. The van der Waals surface area contributed by atoms with E-state index in [9.17, 15) is 0 Å². The van der Waals surface area contributed by atoms with E-state index in [4.69, 9.17) is 4.84 Å². The third-order valence-corrected chi connectivity index (χ3v) is 1.78. The third-order valence-electron chi connectivity index (χ3n) is 1.78. The van der Waals surface area contributed by atoms with Crippen molar-refractivity contribution in [1.29, 1.82) is 0 Å². The van der Waals surface area contributed by atoms with Gasteiger partial charge in [-0.3, -0.25) is 9.90 Å². The molecule has 70 valence electrons. The van der Waals surface area contributed by atoms with Crippen molar-refractivity contribution in [3.63, 3.8) is 0 Å². The van der Waals surface area contributed by atoms with Gasteiger partial charge < -0.3 is 0 Å². The number of anilines is 1. The molecule has 1 atom stereocenters. The molecule has 0 radical (unpaired) electrons. The van der Waals surface area contributed by atoms with Crippen LogP contribution < -0.4 is 5.06 Å². The van der Waals surface area contributed by atoms with Gasteiger partial charge in [0.1, 0.15) is 6.10 Å². The van der Waals surface area contributed by atoms with E-state index in [1.165, 1.54) is 0 Å². The Morgan fingerprint density at radius 1 is 1.38 bits per heavy atom. The fraction of sp³-hybridized carbons (Fsp3) is 0.273. The molecule has 2 nitrogen and oxygen atoms in total. The first kappa shape index (κ1) is 9.81. The number of rotatable bonds is 4. The molecule has 0 bridgehead atoms. The lowest BCUT2D eigenvalue weighted by atomic mass is 10.3. The van der Waals surface area contributed by atoms with Crippen LogP contribution in [0.5, 0.6) is 0 Å². The van der Waals surface area contributed by atoms with E-state index in [2.05, 4.69) is 6.58 Å². The van der Waals surface area contributed by atoms with Crippen molar-refractivity contribution < 1.29 is 4.84 Å². The van der Waals surface area contributed by atoms with Gasteiger partial charge in [-0.2, -0.15) is 0 Å². The van der Waals surface area contributed by atoms with Gasteiger partial charge in [-0.15, -0.1) is 6.58 Å².